The first kappa shape index (κ1) is 13.9. The van der Waals surface area contributed by atoms with E-state index in [-0.39, 0.29) is 12.5 Å². The number of carboxylic acid groups (broad SMARTS) is 1. The number of nitrogens with one attached hydrogen (secondary N) is 1. The van der Waals surface area contributed by atoms with Crippen LogP contribution in [0.1, 0.15) is 25.3 Å². The van der Waals surface area contributed by atoms with E-state index in [0.29, 0.717) is 6.42 Å². The van der Waals surface area contributed by atoms with E-state index in [0.717, 1.165) is 26.1 Å². The molecule has 1 aromatic carbocycles. The molecule has 0 saturated carbocycles. The molecule has 19 heavy (non-hydrogen) atoms. The number of carboxylic acids is 1. The summed E-state index contributed by atoms with van der Waals surface area (Å²) in [6, 6.07) is 8.89. The second-order valence-corrected chi connectivity index (χ2v) is 5.00. The highest BCUT2D eigenvalue weighted by atomic mass is 16.4. The zero-order valence-electron chi connectivity index (χ0n) is 11.4. The first-order valence-corrected chi connectivity index (χ1v) is 6.98. The van der Waals surface area contributed by atoms with Crippen LogP contribution in [0.3, 0.4) is 0 Å². The lowest BCUT2D eigenvalue weighted by atomic mass is 10.1. The van der Waals surface area contributed by atoms with Crippen LogP contribution in [0.5, 0.6) is 0 Å². The van der Waals surface area contributed by atoms with Crippen molar-refractivity contribution >= 4 is 11.7 Å². The molecule has 1 heterocycles. The van der Waals surface area contributed by atoms with Crippen LogP contribution in [-0.2, 0) is 11.2 Å². The fraction of sp³-hybridized carbons (Fsp3) is 0.533. The van der Waals surface area contributed by atoms with Gasteiger partial charge in [0.25, 0.3) is 0 Å². The van der Waals surface area contributed by atoms with Crippen LogP contribution in [0.4, 0.5) is 5.69 Å². The van der Waals surface area contributed by atoms with Gasteiger partial charge in [0.2, 0.25) is 0 Å². The molecule has 1 aliphatic heterocycles. The zero-order chi connectivity index (χ0) is 13.7. The first-order valence-electron chi connectivity index (χ1n) is 6.98. The van der Waals surface area contributed by atoms with Gasteiger partial charge in [-0.25, -0.2) is 0 Å². The molecule has 0 amide bonds. The Kier molecular flexibility index (Phi) is 4.80. The number of hydrogen-bond donors (Lipinski definition) is 2. The maximum Gasteiger partial charge on any atom is 0.303 e. The van der Waals surface area contributed by atoms with Crippen LogP contribution in [0.2, 0.25) is 0 Å². The van der Waals surface area contributed by atoms with Crippen molar-refractivity contribution in [3.05, 3.63) is 29.8 Å². The Balaban J connectivity index is 2.06. The lowest BCUT2D eigenvalue weighted by molar-refractivity contribution is -0.137. The molecule has 4 nitrogen and oxygen atoms in total. The van der Waals surface area contributed by atoms with Crippen molar-refractivity contribution in [2.75, 3.05) is 24.5 Å². The van der Waals surface area contributed by atoms with E-state index in [1.165, 1.54) is 11.3 Å². The van der Waals surface area contributed by atoms with Crippen LogP contribution in [0.15, 0.2) is 24.3 Å². The number of benzene rings is 1. The quantitative estimate of drug-likeness (QED) is 0.851. The zero-order valence-corrected chi connectivity index (χ0v) is 11.4. The molecule has 0 aliphatic carbocycles. The van der Waals surface area contributed by atoms with Gasteiger partial charge >= 0.3 is 5.97 Å². The van der Waals surface area contributed by atoms with Crippen molar-refractivity contribution in [2.24, 2.45) is 0 Å². The molecular weight excluding hydrogens is 240 g/mol. The molecular formula is C15H22N2O2. The molecule has 1 atom stereocenters. The van der Waals surface area contributed by atoms with Crippen molar-refractivity contribution < 1.29 is 9.90 Å². The topological polar surface area (TPSA) is 52.6 Å². The van der Waals surface area contributed by atoms with Gasteiger partial charge in [-0.2, -0.15) is 0 Å². The van der Waals surface area contributed by atoms with Gasteiger partial charge in [0.05, 0.1) is 0 Å². The summed E-state index contributed by atoms with van der Waals surface area (Å²) in [6.07, 6.45) is 1.97. The number of anilines is 1. The van der Waals surface area contributed by atoms with Crippen LogP contribution in [-0.4, -0.2) is 36.8 Å². The molecule has 1 unspecified atom stereocenters. The molecule has 4 heteroatoms. The van der Waals surface area contributed by atoms with Crippen LogP contribution >= 0.6 is 0 Å². The van der Waals surface area contributed by atoms with Gasteiger partial charge in [0.1, 0.15) is 0 Å². The second-order valence-electron chi connectivity index (χ2n) is 5.00. The molecule has 1 aromatic rings. The lowest BCUT2D eigenvalue weighted by Crippen LogP contribution is -2.51. The summed E-state index contributed by atoms with van der Waals surface area (Å²) in [5.41, 5.74) is 2.54. The Morgan fingerprint density at radius 3 is 2.79 bits per heavy atom. The maximum atomic E-state index is 10.7. The molecule has 0 spiro atoms. The van der Waals surface area contributed by atoms with E-state index in [2.05, 4.69) is 41.4 Å². The fourth-order valence-corrected chi connectivity index (χ4v) is 2.57. The predicted octanol–water partition coefficient (Wildman–Crippen LogP) is 1.89. The SMILES string of the molecule is CCc1ccc(N2CCNCC2CCC(=O)O)cc1. The van der Waals surface area contributed by atoms with Crippen molar-refractivity contribution in [3.63, 3.8) is 0 Å². The molecule has 104 valence electrons. The average molecular weight is 262 g/mol. The summed E-state index contributed by atoms with van der Waals surface area (Å²) in [5, 5.41) is 12.2. The van der Waals surface area contributed by atoms with Crippen molar-refractivity contribution in [3.8, 4) is 0 Å². The molecule has 0 radical (unpaired) electrons. The van der Waals surface area contributed by atoms with Crippen molar-refractivity contribution in [1.29, 1.82) is 0 Å². The van der Waals surface area contributed by atoms with Crippen LogP contribution in [0, 0.1) is 0 Å². The molecule has 1 saturated heterocycles. The lowest BCUT2D eigenvalue weighted by Gasteiger charge is -2.38. The molecule has 1 fully saturated rings. The highest BCUT2D eigenvalue weighted by Crippen LogP contribution is 2.21. The van der Waals surface area contributed by atoms with Gasteiger partial charge in [-0.05, 0) is 30.5 Å². The third-order valence-corrected chi connectivity index (χ3v) is 3.72. The smallest absolute Gasteiger partial charge is 0.303 e. The molecule has 1 aliphatic rings. The third-order valence-electron chi connectivity index (χ3n) is 3.72. The van der Waals surface area contributed by atoms with Crippen LogP contribution < -0.4 is 10.2 Å². The summed E-state index contributed by atoms with van der Waals surface area (Å²) in [5.74, 6) is -0.716. The van der Waals surface area contributed by atoms with E-state index in [4.69, 9.17) is 5.11 Å². The van der Waals surface area contributed by atoms with E-state index in [9.17, 15) is 4.79 Å². The molecule has 2 N–H and O–H groups in total. The summed E-state index contributed by atoms with van der Waals surface area (Å²) in [7, 11) is 0. The van der Waals surface area contributed by atoms with E-state index >= 15 is 0 Å². The van der Waals surface area contributed by atoms with Gasteiger partial charge in [-0.3, -0.25) is 4.79 Å². The fourth-order valence-electron chi connectivity index (χ4n) is 2.57. The third kappa shape index (κ3) is 3.70. The molecule has 0 bridgehead atoms. The number of aryl methyl sites for hydroxylation is 1. The highest BCUT2D eigenvalue weighted by molar-refractivity contribution is 5.66. The number of piperazine rings is 1. The van der Waals surface area contributed by atoms with Gasteiger partial charge < -0.3 is 15.3 Å². The van der Waals surface area contributed by atoms with E-state index in [1.807, 2.05) is 0 Å². The molecule has 0 aromatic heterocycles. The van der Waals surface area contributed by atoms with Gasteiger partial charge in [0.15, 0.2) is 0 Å². The Morgan fingerprint density at radius 1 is 1.42 bits per heavy atom. The summed E-state index contributed by atoms with van der Waals surface area (Å²) in [4.78, 5) is 13.1. The summed E-state index contributed by atoms with van der Waals surface area (Å²) >= 11 is 0. The van der Waals surface area contributed by atoms with Crippen molar-refractivity contribution in [2.45, 2.75) is 32.2 Å². The minimum absolute atomic E-state index is 0.232. The van der Waals surface area contributed by atoms with Gasteiger partial charge in [-0.1, -0.05) is 19.1 Å². The van der Waals surface area contributed by atoms with Gasteiger partial charge in [0, 0.05) is 37.8 Å². The Bertz CT molecular complexity index is 417. The second kappa shape index (κ2) is 6.57. The van der Waals surface area contributed by atoms with Crippen molar-refractivity contribution in [1.82, 2.24) is 5.32 Å². The van der Waals surface area contributed by atoms with E-state index in [1.54, 1.807) is 0 Å². The standard InChI is InChI=1S/C15H22N2O2/c1-2-12-3-5-13(6-4-12)17-10-9-16-11-14(17)7-8-15(18)19/h3-6,14,16H,2,7-11H2,1H3,(H,18,19). The highest BCUT2D eigenvalue weighted by Gasteiger charge is 2.22. The number of aliphatic carboxylic acids is 1. The minimum atomic E-state index is -0.716. The summed E-state index contributed by atoms with van der Waals surface area (Å²) < 4.78 is 0. The largest absolute Gasteiger partial charge is 0.481 e. The average Bonchev–Trinajstić information content (AvgIpc) is 2.45. The monoisotopic (exact) mass is 262 g/mol. The Labute approximate surface area is 114 Å². The minimum Gasteiger partial charge on any atom is -0.481 e. The number of nitrogens with zero attached hydrogens (tertiary/aromatic N) is 1. The van der Waals surface area contributed by atoms with E-state index < -0.39 is 5.97 Å². The first-order chi connectivity index (χ1) is 9.20. The number of hydrogen-bond acceptors (Lipinski definition) is 3. The predicted molar refractivity (Wildman–Crippen MR) is 76.7 cm³/mol. The number of rotatable bonds is 5. The Hall–Kier alpha value is -1.55. The van der Waals surface area contributed by atoms with Crippen LogP contribution in [0.25, 0.3) is 0 Å². The normalized spacial score (nSPS) is 19.4. The van der Waals surface area contributed by atoms with Gasteiger partial charge in [-0.15, -0.1) is 0 Å². The summed E-state index contributed by atoms with van der Waals surface area (Å²) in [6.45, 7) is 4.91. The maximum absolute atomic E-state index is 10.7. The Morgan fingerprint density at radius 2 is 2.16 bits per heavy atom. The molecule has 2 rings (SSSR count). The number of carbonyl (C=O) groups is 1.